The number of nitrogens with zero attached hydrogens (tertiary/aromatic N) is 5. The number of rotatable bonds is 13. The standard InChI is InChI=1S/C58H50BN5S/c1-9-39(54-61-55(40-22-15-12-16-23-40)63-56(62-54)41-24-17-13-18-25-41)35-46-38(5)64(44(10-2)28-21-33-59-8)51(11-3)47(46)34-37(4)43-29-30-45-49(36-43)58(6,7)48-31-32-50-53(52(45)48)65-57(60-50)42-26-19-14-20-27-42/h9-36,59H,1-3H2,4-8H3/b33-21-,37-34+,39-35+,44-28+. The van der Waals surface area contributed by atoms with Crippen LogP contribution in [-0.4, -0.2) is 31.8 Å². The highest BCUT2D eigenvalue weighted by Crippen LogP contribution is 2.53. The van der Waals surface area contributed by atoms with Crippen molar-refractivity contribution in [3.8, 4) is 44.5 Å². The van der Waals surface area contributed by atoms with Gasteiger partial charge in [0, 0.05) is 55.8 Å². The Morgan fingerprint density at radius 3 is 1.95 bits per heavy atom. The Morgan fingerprint density at radius 1 is 0.708 bits per heavy atom. The molecule has 0 amide bonds. The van der Waals surface area contributed by atoms with Gasteiger partial charge in [-0.15, -0.1) is 17.3 Å². The molecular weight excluding hydrogens is 810 g/mol. The summed E-state index contributed by atoms with van der Waals surface area (Å²) in [7, 11) is 0.929. The molecule has 9 rings (SSSR count). The first-order valence-corrected chi connectivity index (χ1v) is 22.9. The largest absolute Gasteiger partial charge is 0.313 e. The highest BCUT2D eigenvalue weighted by molar-refractivity contribution is 7.22. The molecule has 0 radical (unpaired) electrons. The van der Waals surface area contributed by atoms with Gasteiger partial charge in [-0.25, -0.2) is 19.9 Å². The van der Waals surface area contributed by atoms with Gasteiger partial charge in [-0.3, -0.25) is 0 Å². The van der Waals surface area contributed by atoms with Crippen LogP contribution < -0.4 is 0 Å². The average Bonchev–Trinajstić information content (AvgIpc) is 3.97. The molecule has 0 N–H and O–H groups in total. The Hall–Kier alpha value is -7.48. The summed E-state index contributed by atoms with van der Waals surface area (Å²) in [6.07, 6.45) is 14.3. The molecular formula is C58H50BN5S. The minimum absolute atomic E-state index is 0.206. The highest BCUT2D eigenvalue weighted by Gasteiger charge is 2.37. The van der Waals surface area contributed by atoms with Crippen LogP contribution in [0.1, 0.15) is 65.8 Å². The molecule has 7 heteroatoms. The molecule has 0 saturated heterocycles. The van der Waals surface area contributed by atoms with Gasteiger partial charge in [-0.1, -0.05) is 162 Å². The van der Waals surface area contributed by atoms with Crippen molar-refractivity contribution in [3.63, 3.8) is 0 Å². The molecule has 0 spiro atoms. The van der Waals surface area contributed by atoms with Gasteiger partial charge in [0.15, 0.2) is 17.5 Å². The summed E-state index contributed by atoms with van der Waals surface area (Å²) in [5.41, 5.74) is 17.0. The molecule has 3 aromatic heterocycles. The smallest absolute Gasteiger partial charge is 0.164 e. The van der Waals surface area contributed by atoms with E-state index in [1.807, 2.05) is 78.9 Å². The third kappa shape index (κ3) is 7.94. The maximum Gasteiger partial charge on any atom is 0.164 e. The van der Waals surface area contributed by atoms with Gasteiger partial charge < -0.3 is 4.57 Å². The van der Waals surface area contributed by atoms with E-state index >= 15 is 0 Å². The highest BCUT2D eigenvalue weighted by atomic mass is 32.1. The average molecular weight is 860 g/mol. The number of hydrogen-bond acceptors (Lipinski definition) is 5. The van der Waals surface area contributed by atoms with E-state index in [9.17, 15) is 0 Å². The normalized spacial score (nSPS) is 13.5. The fraction of sp³-hybridized carbons (Fsp3) is 0.103. The molecule has 0 bridgehead atoms. The molecule has 1 aliphatic rings. The van der Waals surface area contributed by atoms with Gasteiger partial charge in [0.05, 0.1) is 15.9 Å². The minimum Gasteiger partial charge on any atom is -0.313 e. The lowest BCUT2D eigenvalue weighted by Crippen LogP contribution is -2.15. The molecule has 0 atom stereocenters. The second-order valence-electron chi connectivity index (χ2n) is 16.7. The Balaban J connectivity index is 1.21. The van der Waals surface area contributed by atoms with E-state index in [0.717, 1.165) is 79.4 Å². The molecule has 1 aliphatic carbocycles. The van der Waals surface area contributed by atoms with Crippen molar-refractivity contribution in [2.45, 2.75) is 39.9 Å². The summed E-state index contributed by atoms with van der Waals surface area (Å²) in [4.78, 5) is 20.2. The molecule has 8 aromatic rings. The number of aromatic nitrogens is 5. The zero-order valence-corrected chi connectivity index (χ0v) is 38.5. The summed E-state index contributed by atoms with van der Waals surface area (Å²) in [6, 6.07) is 42.0. The lowest BCUT2D eigenvalue weighted by Gasteiger charge is -2.22. The van der Waals surface area contributed by atoms with Gasteiger partial charge in [0.25, 0.3) is 0 Å². The van der Waals surface area contributed by atoms with Crippen LogP contribution >= 0.6 is 11.3 Å². The second kappa shape index (κ2) is 18.0. The van der Waals surface area contributed by atoms with Gasteiger partial charge in [0.1, 0.15) is 12.3 Å². The van der Waals surface area contributed by atoms with Crippen LogP contribution in [0.3, 0.4) is 0 Å². The Kier molecular flexibility index (Phi) is 11.8. The number of fused-ring (bicyclic) bond motifs is 5. The van der Waals surface area contributed by atoms with Gasteiger partial charge >= 0.3 is 0 Å². The van der Waals surface area contributed by atoms with E-state index in [2.05, 4.69) is 150 Å². The first-order valence-electron chi connectivity index (χ1n) is 22.1. The number of benzene rings is 5. The van der Waals surface area contributed by atoms with Crippen LogP contribution in [-0.2, 0) is 5.41 Å². The Labute approximate surface area is 387 Å². The van der Waals surface area contributed by atoms with Gasteiger partial charge in [-0.2, -0.15) is 0 Å². The summed E-state index contributed by atoms with van der Waals surface area (Å²) in [6.45, 7) is 24.1. The summed E-state index contributed by atoms with van der Waals surface area (Å²) in [5.74, 6) is 3.85. The third-order valence-electron chi connectivity index (χ3n) is 12.3. The summed E-state index contributed by atoms with van der Waals surface area (Å²) in [5, 5.41) is 1.04. The number of allylic oxidation sites excluding steroid dienone is 7. The summed E-state index contributed by atoms with van der Waals surface area (Å²) >= 11 is 1.78. The fourth-order valence-corrected chi connectivity index (χ4v) is 10.1. The molecule has 3 heterocycles. The van der Waals surface area contributed by atoms with Crippen molar-refractivity contribution < 1.29 is 0 Å². The van der Waals surface area contributed by atoms with Crippen LogP contribution in [0.4, 0.5) is 0 Å². The predicted molar refractivity (Wildman–Crippen MR) is 281 cm³/mol. The molecule has 0 fully saturated rings. The maximum absolute atomic E-state index is 5.09. The lowest BCUT2D eigenvalue weighted by atomic mass is 9.81. The van der Waals surface area contributed by atoms with E-state index in [0.29, 0.717) is 17.5 Å². The Morgan fingerprint density at radius 2 is 1.35 bits per heavy atom. The van der Waals surface area contributed by atoms with Crippen LogP contribution in [0.25, 0.3) is 89.8 Å². The zero-order chi connectivity index (χ0) is 45.2. The molecule has 0 aliphatic heterocycles. The van der Waals surface area contributed by atoms with E-state index in [1.54, 1.807) is 11.3 Å². The molecule has 316 valence electrons. The van der Waals surface area contributed by atoms with Crippen molar-refractivity contribution in [1.29, 1.82) is 0 Å². The third-order valence-corrected chi connectivity index (χ3v) is 13.5. The van der Waals surface area contributed by atoms with Gasteiger partial charge in [-0.05, 0) is 84.2 Å². The van der Waals surface area contributed by atoms with E-state index < -0.39 is 0 Å². The van der Waals surface area contributed by atoms with E-state index in [-0.39, 0.29) is 5.41 Å². The van der Waals surface area contributed by atoms with Crippen LogP contribution in [0.5, 0.6) is 0 Å². The zero-order valence-electron chi connectivity index (χ0n) is 37.6. The number of thiazole rings is 1. The van der Waals surface area contributed by atoms with E-state index in [1.165, 1.54) is 27.0 Å². The van der Waals surface area contributed by atoms with Crippen LogP contribution in [0.15, 0.2) is 171 Å². The quantitative estimate of drug-likeness (QED) is 0.0856. The molecule has 0 unspecified atom stereocenters. The topological polar surface area (TPSA) is 56.5 Å². The van der Waals surface area contributed by atoms with Crippen molar-refractivity contribution in [1.82, 2.24) is 24.5 Å². The van der Waals surface area contributed by atoms with Crippen LogP contribution in [0, 0.1) is 6.92 Å². The van der Waals surface area contributed by atoms with Crippen molar-refractivity contribution >= 4 is 63.9 Å². The first kappa shape index (κ1) is 42.8. The predicted octanol–water partition coefficient (Wildman–Crippen LogP) is 14.9. The lowest BCUT2D eigenvalue weighted by molar-refractivity contribution is 0.660. The van der Waals surface area contributed by atoms with Crippen molar-refractivity contribution in [2.75, 3.05) is 0 Å². The molecule has 5 aromatic carbocycles. The summed E-state index contributed by atoms with van der Waals surface area (Å²) < 4.78 is 3.47. The molecule has 5 nitrogen and oxygen atoms in total. The Bertz CT molecular complexity index is 3220. The maximum atomic E-state index is 5.09. The van der Waals surface area contributed by atoms with Crippen molar-refractivity contribution in [3.05, 3.63) is 216 Å². The van der Waals surface area contributed by atoms with E-state index in [4.69, 9.17) is 19.9 Å². The fourth-order valence-electron chi connectivity index (χ4n) is 8.92. The number of hydrogen-bond donors (Lipinski definition) is 0. The van der Waals surface area contributed by atoms with Crippen LogP contribution in [0.2, 0.25) is 6.82 Å². The van der Waals surface area contributed by atoms with Gasteiger partial charge in [0.2, 0.25) is 0 Å². The first-order chi connectivity index (χ1) is 31.6. The SMILES string of the molecule is C=C/C(=C\c1c(/C=C(\C)c2ccc3c(c2)C(C)(C)c2ccc4nc(-c5ccccc5)sc4c2-3)c(C=C)n(/C(C=C)=C/C=C\BC)c1C)c1nc(-c2ccccc2)nc(-c2ccccc2)n1. The second-order valence-corrected chi connectivity index (χ2v) is 17.7. The monoisotopic (exact) mass is 859 g/mol. The molecule has 65 heavy (non-hydrogen) atoms. The van der Waals surface area contributed by atoms with Crippen molar-refractivity contribution in [2.24, 2.45) is 0 Å². The minimum atomic E-state index is -0.206. The molecule has 0 saturated carbocycles.